The maximum atomic E-state index is 13.2. The van der Waals surface area contributed by atoms with Crippen LogP contribution in [-0.4, -0.2) is 22.9 Å². The van der Waals surface area contributed by atoms with E-state index in [1.165, 1.54) is 6.07 Å². The Bertz CT molecular complexity index is 1780. The number of benzene rings is 3. The van der Waals surface area contributed by atoms with E-state index in [9.17, 15) is 22.6 Å². The summed E-state index contributed by atoms with van der Waals surface area (Å²) in [6.07, 6.45) is 0. The monoisotopic (exact) mass is 420 g/mol. The number of hydrogen-bond acceptors (Lipinski definition) is 4. The molecule has 30 heavy (non-hydrogen) atoms. The Morgan fingerprint density at radius 3 is 2.00 bits per heavy atom. The third-order valence-electron chi connectivity index (χ3n) is 5.45. The summed E-state index contributed by atoms with van der Waals surface area (Å²) >= 11 is 0. The molecule has 0 saturated carbocycles. The first-order valence-corrected chi connectivity index (χ1v) is 10.6. The molecule has 7 nitrogen and oxygen atoms in total. The summed E-state index contributed by atoms with van der Waals surface area (Å²) in [5.74, 6) is 0. The number of rotatable bonds is 1. The van der Waals surface area contributed by atoms with Gasteiger partial charge in [-0.2, -0.15) is 8.42 Å². The van der Waals surface area contributed by atoms with Crippen LogP contribution in [-0.2, 0) is 10.1 Å². The first-order valence-electron chi connectivity index (χ1n) is 9.18. The molecular weight excluding hydrogens is 404 g/mol. The quantitative estimate of drug-likeness (QED) is 0.283. The van der Waals surface area contributed by atoms with Crippen LogP contribution in [0.2, 0.25) is 0 Å². The van der Waals surface area contributed by atoms with Gasteiger partial charge in [0.25, 0.3) is 10.1 Å². The minimum absolute atomic E-state index is 0.139. The summed E-state index contributed by atoms with van der Waals surface area (Å²) < 4.78 is 32.5. The van der Waals surface area contributed by atoms with Gasteiger partial charge in [0.2, 0.25) is 0 Å². The predicted octanol–water partition coefficient (Wildman–Crippen LogP) is 3.54. The van der Waals surface area contributed by atoms with E-state index in [2.05, 4.69) is 9.97 Å². The van der Waals surface area contributed by atoms with Crippen molar-refractivity contribution in [1.29, 1.82) is 0 Å². The molecule has 2 aromatic heterocycles. The van der Waals surface area contributed by atoms with Crippen molar-refractivity contribution in [3.05, 3.63) is 74.0 Å². The van der Waals surface area contributed by atoms with Crippen molar-refractivity contribution in [2.24, 2.45) is 0 Å². The number of H-pyrrole nitrogens is 2. The number of aromatic amines is 2. The fourth-order valence-corrected chi connectivity index (χ4v) is 4.55. The van der Waals surface area contributed by atoms with Crippen molar-refractivity contribution in [3.63, 3.8) is 0 Å². The minimum Gasteiger partial charge on any atom is -0.354 e. The van der Waals surface area contributed by atoms with E-state index >= 15 is 0 Å². The lowest BCUT2D eigenvalue weighted by Crippen LogP contribution is -2.10. The summed E-state index contributed by atoms with van der Waals surface area (Å²) in [7, 11) is -4.46. The van der Waals surface area contributed by atoms with Crippen LogP contribution in [0.1, 0.15) is 11.1 Å². The van der Waals surface area contributed by atoms with Crippen molar-refractivity contribution in [3.8, 4) is 0 Å². The Kier molecular flexibility index (Phi) is 3.71. The second kappa shape index (κ2) is 6.01. The molecule has 0 fully saturated rings. The van der Waals surface area contributed by atoms with Crippen molar-refractivity contribution >= 4 is 53.7 Å². The van der Waals surface area contributed by atoms with Crippen LogP contribution in [0.5, 0.6) is 0 Å². The Morgan fingerprint density at radius 1 is 0.733 bits per heavy atom. The Hall–Kier alpha value is -3.49. The molecular formula is C22H16N2O5S. The van der Waals surface area contributed by atoms with E-state index in [1.54, 1.807) is 25.1 Å². The third kappa shape index (κ3) is 2.65. The predicted molar refractivity (Wildman–Crippen MR) is 117 cm³/mol. The summed E-state index contributed by atoms with van der Waals surface area (Å²) in [6.45, 7) is 3.57. The van der Waals surface area contributed by atoms with Gasteiger partial charge in [-0.15, -0.1) is 0 Å². The molecule has 0 amide bonds. The molecule has 3 N–H and O–H groups in total. The van der Waals surface area contributed by atoms with Gasteiger partial charge >= 0.3 is 0 Å². The van der Waals surface area contributed by atoms with E-state index in [0.29, 0.717) is 43.8 Å². The zero-order valence-corrected chi connectivity index (χ0v) is 16.8. The van der Waals surface area contributed by atoms with Gasteiger partial charge < -0.3 is 9.97 Å². The van der Waals surface area contributed by atoms with E-state index in [-0.39, 0.29) is 21.1 Å². The molecule has 0 aliphatic heterocycles. The zero-order valence-electron chi connectivity index (χ0n) is 16.0. The lowest BCUT2D eigenvalue weighted by atomic mass is 10.0. The number of pyridine rings is 2. The average molecular weight is 420 g/mol. The Balaban J connectivity index is 1.96. The summed E-state index contributed by atoms with van der Waals surface area (Å²) in [5.41, 5.74) is 3.07. The van der Waals surface area contributed by atoms with Gasteiger partial charge in [-0.1, -0.05) is 6.07 Å². The number of hydrogen-bond donors (Lipinski definition) is 3. The topological polar surface area (TPSA) is 120 Å². The van der Waals surface area contributed by atoms with E-state index in [0.717, 1.165) is 11.6 Å². The first kappa shape index (κ1) is 18.5. The van der Waals surface area contributed by atoms with E-state index in [1.807, 2.05) is 19.1 Å². The molecule has 0 saturated heterocycles. The normalized spacial score (nSPS) is 12.4. The Labute approximate surface area is 169 Å². The molecule has 3 aromatic carbocycles. The van der Waals surface area contributed by atoms with Crippen molar-refractivity contribution in [1.82, 2.24) is 9.97 Å². The fourth-order valence-electron chi connectivity index (χ4n) is 3.96. The van der Waals surface area contributed by atoms with Crippen molar-refractivity contribution in [2.45, 2.75) is 18.7 Å². The van der Waals surface area contributed by atoms with Crippen LogP contribution in [0.25, 0.3) is 43.6 Å². The van der Waals surface area contributed by atoms with Crippen LogP contribution >= 0.6 is 0 Å². The van der Waals surface area contributed by atoms with Gasteiger partial charge in [-0.25, -0.2) is 0 Å². The van der Waals surface area contributed by atoms with E-state index in [4.69, 9.17) is 0 Å². The zero-order chi connectivity index (χ0) is 21.4. The number of aryl methyl sites for hydroxylation is 2. The molecule has 0 bridgehead atoms. The Morgan fingerprint density at radius 2 is 1.33 bits per heavy atom. The number of aromatic nitrogens is 2. The second-order valence-electron chi connectivity index (χ2n) is 7.54. The van der Waals surface area contributed by atoms with Crippen molar-refractivity contribution < 1.29 is 13.0 Å². The van der Waals surface area contributed by atoms with Gasteiger partial charge in [0.15, 0.2) is 10.9 Å². The largest absolute Gasteiger partial charge is 0.354 e. The number of fused-ring (bicyclic) bond motifs is 4. The highest BCUT2D eigenvalue weighted by Gasteiger charge is 2.16. The maximum Gasteiger partial charge on any atom is 0.294 e. The molecule has 0 spiro atoms. The SMILES string of the molecule is Cc1ccc2c(=O)c3cc4[nH]c5c(C)cc(S(=O)(=O)O)cc5c(=O)c4cc3[nH]c2c1. The van der Waals surface area contributed by atoms with Crippen LogP contribution in [0.15, 0.2) is 56.9 Å². The average Bonchev–Trinajstić information content (AvgIpc) is 2.67. The molecule has 5 rings (SSSR count). The molecule has 2 heterocycles. The molecule has 0 radical (unpaired) electrons. The highest BCUT2D eigenvalue weighted by molar-refractivity contribution is 7.85. The van der Waals surface area contributed by atoms with Gasteiger partial charge in [-0.05, 0) is 61.4 Å². The second-order valence-corrected chi connectivity index (χ2v) is 8.96. The van der Waals surface area contributed by atoms with Gasteiger partial charge in [0.05, 0.1) is 21.4 Å². The number of nitrogens with one attached hydrogen (secondary N) is 2. The standard InChI is InChI=1S/C22H16N2O5S/c1-10-3-4-13-17(5-10)23-18-8-15-19(9-14(18)21(13)25)24-20-11(2)6-12(30(27,28)29)7-16(20)22(15)26/h3-9H,1-2H3,(H,23,25)(H,24,26)(H,27,28,29). The fraction of sp³-hybridized carbons (Fsp3) is 0.0909. The van der Waals surface area contributed by atoms with Crippen molar-refractivity contribution in [2.75, 3.05) is 0 Å². The molecule has 0 atom stereocenters. The van der Waals surface area contributed by atoms with E-state index < -0.39 is 10.1 Å². The van der Waals surface area contributed by atoms with Gasteiger partial charge in [-0.3, -0.25) is 14.1 Å². The molecule has 0 aliphatic rings. The molecule has 0 aliphatic carbocycles. The molecule has 8 heteroatoms. The lowest BCUT2D eigenvalue weighted by Gasteiger charge is -2.09. The lowest BCUT2D eigenvalue weighted by molar-refractivity contribution is 0.483. The highest BCUT2D eigenvalue weighted by Crippen LogP contribution is 2.25. The summed E-state index contributed by atoms with van der Waals surface area (Å²) in [4.78, 5) is 32.2. The van der Waals surface area contributed by atoms with Crippen LogP contribution in [0, 0.1) is 13.8 Å². The molecule has 0 unspecified atom stereocenters. The third-order valence-corrected chi connectivity index (χ3v) is 6.28. The van der Waals surface area contributed by atoms with Gasteiger partial charge in [0, 0.05) is 27.1 Å². The molecule has 150 valence electrons. The molecule has 5 aromatic rings. The van der Waals surface area contributed by atoms with Crippen LogP contribution in [0.4, 0.5) is 0 Å². The minimum atomic E-state index is -4.46. The summed E-state index contributed by atoms with van der Waals surface area (Å²) in [6, 6.07) is 11.2. The maximum absolute atomic E-state index is 13.2. The highest BCUT2D eigenvalue weighted by atomic mass is 32.2. The van der Waals surface area contributed by atoms with Gasteiger partial charge in [0.1, 0.15) is 0 Å². The smallest absolute Gasteiger partial charge is 0.294 e. The van der Waals surface area contributed by atoms with Crippen LogP contribution in [0.3, 0.4) is 0 Å². The summed E-state index contributed by atoms with van der Waals surface area (Å²) in [5, 5.41) is 1.46. The first-order chi connectivity index (χ1) is 14.1. The van der Waals surface area contributed by atoms with Crippen LogP contribution < -0.4 is 10.9 Å².